The van der Waals surface area contributed by atoms with Crippen LogP contribution in [0.25, 0.3) is 0 Å². The summed E-state index contributed by atoms with van der Waals surface area (Å²) in [6.07, 6.45) is 4.89. The zero-order valence-corrected chi connectivity index (χ0v) is 5.76. The standard InChI is InChI=1S/C8H12O/c1-5-8(9-5)3-6-2-7(6)4-8/h5-7H,2-4H2,1H3. The van der Waals surface area contributed by atoms with Gasteiger partial charge in [0.1, 0.15) is 0 Å². The highest BCUT2D eigenvalue weighted by Gasteiger charge is 2.65. The lowest BCUT2D eigenvalue weighted by Gasteiger charge is -2.01. The van der Waals surface area contributed by atoms with Gasteiger partial charge in [0.2, 0.25) is 0 Å². The first-order chi connectivity index (χ1) is 4.30. The van der Waals surface area contributed by atoms with E-state index < -0.39 is 0 Å². The van der Waals surface area contributed by atoms with Gasteiger partial charge in [-0.1, -0.05) is 0 Å². The number of hydrogen-bond acceptors (Lipinski definition) is 1. The Labute approximate surface area is 55.4 Å². The lowest BCUT2D eigenvalue weighted by Crippen LogP contribution is -2.09. The summed E-state index contributed by atoms with van der Waals surface area (Å²) >= 11 is 0. The van der Waals surface area contributed by atoms with E-state index in [9.17, 15) is 0 Å². The number of fused-ring (bicyclic) bond motifs is 1. The number of ether oxygens (including phenoxy) is 1. The molecule has 1 heteroatoms. The fraction of sp³-hybridized carbons (Fsp3) is 1.00. The molecule has 0 aromatic rings. The minimum atomic E-state index is 0.424. The maximum absolute atomic E-state index is 5.57. The maximum Gasteiger partial charge on any atom is 0.0951 e. The van der Waals surface area contributed by atoms with Crippen LogP contribution in [-0.2, 0) is 4.74 Å². The van der Waals surface area contributed by atoms with Gasteiger partial charge in [0, 0.05) is 0 Å². The van der Waals surface area contributed by atoms with Crippen molar-refractivity contribution in [2.75, 3.05) is 0 Å². The van der Waals surface area contributed by atoms with E-state index in [0.29, 0.717) is 11.7 Å². The Balaban J connectivity index is 1.84. The Morgan fingerprint density at radius 1 is 1.33 bits per heavy atom. The molecule has 2 saturated carbocycles. The van der Waals surface area contributed by atoms with E-state index in [0.717, 1.165) is 11.8 Å². The largest absolute Gasteiger partial charge is 0.366 e. The molecule has 3 rings (SSSR count). The van der Waals surface area contributed by atoms with Crippen LogP contribution in [-0.4, -0.2) is 11.7 Å². The van der Waals surface area contributed by atoms with Gasteiger partial charge >= 0.3 is 0 Å². The monoisotopic (exact) mass is 124 g/mol. The number of hydrogen-bond donors (Lipinski definition) is 0. The molecule has 2 aliphatic carbocycles. The van der Waals surface area contributed by atoms with Crippen LogP contribution in [0.5, 0.6) is 0 Å². The van der Waals surface area contributed by atoms with Crippen molar-refractivity contribution >= 4 is 0 Å². The minimum absolute atomic E-state index is 0.424. The summed E-state index contributed by atoms with van der Waals surface area (Å²) < 4.78 is 5.57. The summed E-state index contributed by atoms with van der Waals surface area (Å²) in [5.41, 5.74) is 0.424. The molecule has 1 heterocycles. The van der Waals surface area contributed by atoms with Gasteiger partial charge in [-0.3, -0.25) is 0 Å². The van der Waals surface area contributed by atoms with Crippen molar-refractivity contribution in [2.45, 2.75) is 37.9 Å². The molecule has 0 aromatic carbocycles. The van der Waals surface area contributed by atoms with Crippen molar-refractivity contribution in [1.82, 2.24) is 0 Å². The van der Waals surface area contributed by atoms with Gasteiger partial charge in [0.05, 0.1) is 11.7 Å². The van der Waals surface area contributed by atoms with Gasteiger partial charge in [-0.25, -0.2) is 0 Å². The van der Waals surface area contributed by atoms with E-state index in [1.54, 1.807) is 0 Å². The average molecular weight is 124 g/mol. The Bertz CT molecular complexity index is 154. The zero-order valence-electron chi connectivity index (χ0n) is 5.76. The quantitative estimate of drug-likeness (QED) is 0.446. The molecule has 0 aromatic heterocycles. The third-order valence-electron chi connectivity index (χ3n) is 3.38. The molecule has 1 saturated heterocycles. The third kappa shape index (κ3) is 0.454. The predicted octanol–water partition coefficient (Wildman–Crippen LogP) is 1.57. The molecule has 0 bridgehead atoms. The van der Waals surface area contributed by atoms with Crippen LogP contribution in [0.1, 0.15) is 26.2 Å². The fourth-order valence-corrected chi connectivity index (χ4v) is 2.53. The first kappa shape index (κ1) is 4.73. The summed E-state index contributed by atoms with van der Waals surface area (Å²) in [5, 5.41) is 0. The molecule has 3 unspecified atom stereocenters. The molecule has 9 heavy (non-hydrogen) atoms. The van der Waals surface area contributed by atoms with Gasteiger partial charge in [-0.2, -0.15) is 0 Å². The molecule has 50 valence electrons. The predicted molar refractivity (Wildman–Crippen MR) is 34.1 cm³/mol. The molecule has 1 nitrogen and oxygen atoms in total. The topological polar surface area (TPSA) is 12.5 Å². The third-order valence-corrected chi connectivity index (χ3v) is 3.38. The summed E-state index contributed by atoms with van der Waals surface area (Å²) in [5.74, 6) is 2.16. The Morgan fingerprint density at radius 3 is 2.22 bits per heavy atom. The normalized spacial score (nSPS) is 68.3. The van der Waals surface area contributed by atoms with Gasteiger partial charge in [0.25, 0.3) is 0 Å². The van der Waals surface area contributed by atoms with E-state index in [2.05, 4.69) is 6.92 Å². The van der Waals surface area contributed by atoms with Crippen molar-refractivity contribution in [3.63, 3.8) is 0 Å². The lowest BCUT2D eigenvalue weighted by atomic mass is 10.0. The second kappa shape index (κ2) is 1.07. The summed E-state index contributed by atoms with van der Waals surface area (Å²) in [6.45, 7) is 2.21. The van der Waals surface area contributed by atoms with Crippen LogP contribution >= 0.6 is 0 Å². The molecule has 1 spiro atoms. The van der Waals surface area contributed by atoms with Gasteiger partial charge < -0.3 is 4.74 Å². The van der Waals surface area contributed by atoms with Crippen molar-refractivity contribution in [2.24, 2.45) is 11.8 Å². The second-order valence-corrected chi connectivity index (χ2v) is 3.99. The van der Waals surface area contributed by atoms with E-state index in [1.807, 2.05) is 0 Å². The first-order valence-electron chi connectivity index (χ1n) is 3.98. The maximum atomic E-state index is 5.57. The van der Waals surface area contributed by atoms with Crippen LogP contribution in [0.2, 0.25) is 0 Å². The Hall–Kier alpha value is -0.0400. The zero-order chi connectivity index (χ0) is 6.06. The summed E-state index contributed by atoms with van der Waals surface area (Å²) in [7, 11) is 0. The SMILES string of the molecule is CC1OC12CC1CC1C2. The van der Waals surface area contributed by atoms with Crippen LogP contribution in [0, 0.1) is 11.8 Å². The number of epoxide rings is 1. The molecular weight excluding hydrogens is 112 g/mol. The Morgan fingerprint density at radius 2 is 1.89 bits per heavy atom. The van der Waals surface area contributed by atoms with Crippen molar-refractivity contribution < 1.29 is 4.74 Å². The molecule has 3 fully saturated rings. The molecule has 0 amide bonds. The van der Waals surface area contributed by atoms with E-state index in [1.165, 1.54) is 19.3 Å². The smallest absolute Gasteiger partial charge is 0.0951 e. The van der Waals surface area contributed by atoms with E-state index in [-0.39, 0.29) is 0 Å². The summed E-state index contributed by atoms with van der Waals surface area (Å²) in [6, 6.07) is 0. The highest BCUT2D eigenvalue weighted by Crippen LogP contribution is 2.64. The van der Waals surface area contributed by atoms with Crippen LogP contribution in [0.15, 0.2) is 0 Å². The van der Waals surface area contributed by atoms with Crippen molar-refractivity contribution in [3.8, 4) is 0 Å². The minimum Gasteiger partial charge on any atom is -0.366 e. The van der Waals surface area contributed by atoms with Crippen molar-refractivity contribution in [3.05, 3.63) is 0 Å². The first-order valence-corrected chi connectivity index (χ1v) is 3.98. The van der Waals surface area contributed by atoms with Crippen LogP contribution in [0.4, 0.5) is 0 Å². The van der Waals surface area contributed by atoms with E-state index >= 15 is 0 Å². The molecule has 3 aliphatic rings. The summed E-state index contributed by atoms with van der Waals surface area (Å²) in [4.78, 5) is 0. The molecule has 1 aliphatic heterocycles. The molecular formula is C8H12O. The lowest BCUT2D eigenvalue weighted by molar-refractivity contribution is 0.282. The number of rotatable bonds is 0. The molecule has 0 radical (unpaired) electrons. The highest BCUT2D eigenvalue weighted by molar-refractivity contribution is 5.14. The van der Waals surface area contributed by atoms with E-state index in [4.69, 9.17) is 4.74 Å². The molecule has 0 N–H and O–H groups in total. The van der Waals surface area contributed by atoms with Gasteiger partial charge in [-0.05, 0) is 38.0 Å². The van der Waals surface area contributed by atoms with Crippen LogP contribution < -0.4 is 0 Å². The van der Waals surface area contributed by atoms with Crippen LogP contribution in [0.3, 0.4) is 0 Å². The second-order valence-electron chi connectivity index (χ2n) is 3.99. The molecule has 3 atom stereocenters. The van der Waals surface area contributed by atoms with Gasteiger partial charge in [0.15, 0.2) is 0 Å². The van der Waals surface area contributed by atoms with Gasteiger partial charge in [-0.15, -0.1) is 0 Å². The average Bonchev–Trinajstić information content (AvgIpc) is 2.58. The fourth-order valence-electron chi connectivity index (χ4n) is 2.53. The van der Waals surface area contributed by atoms with Crippen molar-refractivity contribution in [1.29, 1.82) is 0 Å². The highest BCUT2D eigenvalue weighted by atomic mass is 16.6. The Kier molecular flexibility index (Phi) is 0.563.